The molecule has 0 unspecified atom stereocenters. The molecular formula is C23H22FN3S. The minimum Gasteiger partial charge on any atom is -0.352 e. The summed E-state index contributed by atoms with van der Waals surface area (Å²) in [7, 11) is 0. The van der Waals surface area contributed by atoms with Gasteiger partial charge in [-0.2, -0.15) is 0 Å². The predicted molar refractivity (Wildman–Crippen MR) is 115 cm³/mol. The van der Waals surface area contributed by atoms with Crippen LogP contribution < -0.4 is 4.90 Å². The largest absolute Gasteiger partial charge is 0.352 e. The van der Waals surface area contributed by atoms with E-state index < -0.39 is 0 Å². The van der Waals surface area contributed by atoms with Gasteiger partial charge in [0.25, 0.3) is 0 Å². The fraction of sp³-hybridized carbons (Fsp3) is 0.217. The Kier molecular flexibility index (Phi) is 5.09. The molecule has 0 amide bonds. The number of fused-ring (bicyclic) bond motifs is 1. The minimum absolute atomic E-state index is 0.229. The van der Waals surface area contributed by atoms with E-state index in [1.807, 2.05) is 25.1 Å². The number of aromatic nitrogens is 2. The average molecular weight is 392 g/mol. The summed E-state index contributed by atoms with van der Waals surface area (Å²) >= 11 is 1.67. The maximum absolute atomic E-state index is 13.5. The van der Waals surface area contributed by atoms with Crippen molar-refractivity contribution in [2.45, 2.75) is 27.3 Å². The van der Waals surface area contributed by atoms with Crippen LogP contribution in [0.1, 0.15) is 23.2 Å². The Morgan fingerprint density at radius 3 is 2.36 bits per heavy atom. The standard InChI is InChI=1S/C23H22FN3S/c1-4-27(14-17-8-6-5-7-9-17)22-21-20(18-10-12-19(24)13-11-18)15(2)28-23(21)26-16(3)25-22/h5-13H,4,14H2,1-3H3. The Morgan fingerprint density at radius 1 is 0.964 bits per heavy atom. The summed E-state index contributed by atoms with van der Waals surface area (Å²) in [5, 5.41) is 1.05. The molecular weight excluding hydrogens is 369 g/mol. The first-order valence-electron chi connectivity index (χ1n) is 9.39. The van der Waals surface area contributed by atoms with Crippen LogP contribution in [0.5, 0.6) is 0 Å². The summed E-state index contributed by atoms with van der Waals surface area (Å²) in [6, 6.07) is 17.1. The SMILES string of the molecule is CCN(Cc1ccccc1)c1nc(C)nc2sc(C)c(-c3ccc(F)cc3)c12. The highest BCUT2D eigenvalue weighted by atomic mass is 32.1. The number of nitrogens with zero attached hydrogens (tertiary/aromatic N) is 3. The highest BCUT2D eigenvalue weighted by Crippen LogP contribution is 2.42. The van der Waals surface area contributed by atoms with E-state index in [1.165, 1.54) is 22.6 Å². The monoisotopic (exact) mass is 391 g/mol. The Balaban J connectivity index is 1.90. The van der Waals surface area contributed by atoms with Crippen molar-refractivity contribution in [1.82, 2.24) is 9.97 Å². The lowest BCUT2D eigenvalue weighted by Gasteiger charge is -2.24. The summed E-state index contributed by atoms with van der Waals surface area (Å²) in [5.74, 6) is 1.48. The molecule has 0 aliphatic rings. The lowest BCUT2D eigenvalue weighted by atomic mass is 10.0. The van der Waals surface area contributed by atoms with Crippen LogP contribution >= 0.6 is 11.3 Å². The van der Waals surface area contributed by atoms with Gasteiger partial charge in [-0.1, -0.05) is 42.5 Å². The summed E-state index contributed by atoms with van der Waals surface area (Å²) < 4.78 is 13.5. The van der Waals surface area contributed by atoms with Crippen molar-refractivity contribution >= 4 is 27.4 Å². The van der Waals surface area contributed by atoms with Gasteiger partial charge >= 0.3 is 0 Å². The Morgan fingerprint density at radius 2 is 1.68 bits per heavy atom. The van der Waals surface area contributed by atoms with Gasteiger partial charge < -0.3 is 4.90 Å². The number of hydrogen-bond acceptors (Lipinski definition) is 4. The first-order chi connectivity index (χ1) is 13.6. The third-order valence-electron chi connectivity index (χ3n) is 4.85. The lowest BCUT2D eigenvalue weighted by molar-refractivity contribution is 0.628. The average Bonchev–Trinajstić information content (AvgIpc) is 3.02. The molecule has 0 saturated heterocycles. The molecule has 2 aromatic heterocycles. The molecule has 5 heteroatoms. The Bertz CT molecular complexity index is 1100. The molecule has 0 saturated carbocycles. The number of thiophene rings is 1. The quantitative estimate of drug-likeness (QED) is 0.409. The molecule has 142 valence electrons. The minimum atomic E-state index is -0.229. The van der Waals surface area contributed by atoms with Crippen LogP contribution in [0.2, 0.25) is 0 Å². The number of halogens is 1. The van der Waals surface area contributed by atoms with Gasteiger partial charge in [0.05, 0.1) is 5.39 Å². The van der Waals surface area contributed by atoms with Gasteiger partial charge in [0.2, 0.25) is 0 Å². The molecule has 2 heterocycles. The zero-order chi connectivity index (χ0) is 19.7. The first kappa shape index (κ1) is 18.6. The van der Waals surface area contributed by atoms with Gasteiger partial charge in [-0.3, -0.25) is 0 Å². The summed E-state index contributed by atoms with van der Waals surface area (Å²) in [6.45, 7) is 7.78. The van der Waals surface area contributed by atoms with Gasteiger partial charge in [0.15, 0.2) is 0 Å². The first-order valence-corrected chi connectivity index (χ1v) is 10.2. The maximum atomic E-state index is 13.5. The van der Waals surface area contributed by atoms with Crippen molar-refractivity contribution < 1.29 is 4.39 Å². The van der Waals surface area contributed by atoms with E-state index in [-0.39, 0.29) is 5.82 Å². The van der Waals surface area contributed by atoms with Crippen molar-refractivity contribution in [1.29, 1.82) is 0 Å². The second kappa shape index (κ2) is 7.68. The second-order valence-electron chi connectivity index (χ2n) is 6.81. The molecule has 2 aromatic carbocycles. The molecule has 0 fully saturated rings. The number of aryl methyl sites for hydroxylation is 2. The fourth-order valence-electron chi connectivity index (χ4n) is 3.53. The topological polar surface area (TPSA) is 29.0 Å². The molecule has 3 nitrogen and oxygen atoms in total. The summed E-state index contributed by atoms with van der Waals surface area (Å²) in [6.07, 6.45) is 0. The van der Waals surface area contributed by atoms with Crippen LogP contribution in [-0.4, -0.2) is 16.5 Å². The summed E-state index contributed by atoms with van der Waals surface area (Å²) in [5.41, 5.74) is 3.33. The van der Waals surface area contributed by atoms with E-state index in [1.54, 1.807) is 11.3 Å². The van der Waals surface area contributed by atoms with Crippen molar-refractivity contribution in [3.05, 3.63) is 76.7 Å². The van der Waals surface area contributed by atoms with E-state index in [9.17, 15) is 4.39 Å². The zero-order valence-corrected chi connectivity index (χ0v) is 17.1. The summed E-state index contributed by atoms with van der Waals surface area (Å²) in [4.78, 5) is 14.0. The molecule has 4 aromatic rings. The van der Waals surface area contributed by atoms with Gasteiger partial charge in [0.1, 0.15) is 22.3 Å². The highest BCUT2D eigenvalue weighted by molar-refractivity contribution is 7.19. The van der Waals surface area contributed by atoms with Crippen molar-refractivity contribution in [2.24, 2.45) is 0 Å². The van der Waals surface area contributed by atoms with E-state index in [4.69, 9.17) is 9.97 Å². The lowest BCUT2D eigenvalue weighted by Crippen LogP contribution is -2.23. The predicted octanol–water partition coefficient (Wildman–Crippen LogP) is 6.14. The number of anilines is 1. The van der Waals surface area contributed by atoms with Crippen molar-refractivity contribution in [2.75, 3.05) is 11.4 Å². The molecule has 28 heavy (non-hydrogen) atoms. The van der Waals surface area contributed by atoms with Crippen molar-refractivity contribution in [3.8, 4) is 11.1 Å². The van der Waals surface area contributed by atoms with Crippen LogP contribution in [0.4, 0.5) is 10.2 Å². The van der Waals surface area contributed by atoms with E-state index in [2.05, 4.69) is 43.0 Å². The van der Waals surface area contributed by atoms with Gasteiger partial charge in [0, 0.05) is 23.5 Å². The van der Waals surface area contributed by atoms with Gasteiger partial charge in [-0.05, 0) is 44.0 Å². The van der Waals surface area contributed by atoms with Crippen LogP contribution in [-0.2, 0) is 6.54 Å². The highest BCUT2D eigenvalue weighted by Gasteiger charge is 2.21. The Labute approximate surface area is 168 Å². The number of rotatable bonds is 5. The zero-order valence-electron chi connectivity index (χ0n) is 16.2. The third kappa shape index (κ3) is 3.50. The van der Waals surface area contributed by atoms with Crippen LogP contribution in [0.25, 0.3) is 21.3 Å². The maximum Gasteiger partial charge on any atom is 0.142 e. The molecule has 0 spiro atoms. The van der Waals surface area contributed by atoms with Crippen molar-refractivity contribution in [3.63, 3.8) is 0 Å². The van der Waals surface area contributed by atoms with Crippen LogP contribution in [0.3, 0.4) is 0 Å². The molecule has 0 N–H and O–H groups in total. The van der Waals surface area contributed by atoms with E-state index >= 15 is 0 Å². The number of hydrogen-bond donors (Lipinski definition) is 0. The number of benzene rings is 2. The van der Waals surface area contributed by atoms with Crippen LogP contribution in [0.15, 0.2) is 54.6 Å². The molecule has 0 radical (unpaired) electrons. The van der Waals surface area contributed by atoms with E-state index in [0.29, 0.717) is 0 Å². The molecule has 4 rings (SSSR count). The fourth-order valence-corrected chi connectivity index (χ4v) is 4.62. The molecule has 0 atom stereocenters. The molecule has 0 aliphatic heterocycles. The normalized spacial score (nSPS) is 11.1. The van der Waals surface area contributed by atoms with Gasteiger partial charge in [-0.25, -0.2) is 14.4 Å². The molecule has 0 aliphatic carbocycles. The second-order valence-corrected chi connectivity index (χ2v) is 8.02. The van der Waals surface area contributed by atoms with Crippen LogP contribution in [0, 0.1) is 19.7 Å². The van der Waals surface area contributed by atoms with Gasteiger partial charge in [-0.15, -0.1) is 11.3 Å². The van der Waals surface area contributed by atoms with E-state index in [0.717, 1.165) is 46.1 Å². The smallest absolute Gasteiger partial charge is 0.142 e. The Hall–Kier alpha value is -2.79. The third-order valence-corrected chi connectivity index (χ3v) is 5.85. The molecule has 0 bridgehead atoms.